The third kappa shape index (κ3) is 5.67. The van der Waals surface area contributed by atoms with Gasteiger partial charge in [0.05, 0.1) is 0 Å². The minimum absolute atomic E-state index is 0. The fraction of sp³-hybridized carbons (Fsp3) is 0.889. The average molecular weight is 271 g/mol. The Labute approximate surface area is 103 Å². The molecule has 1 rings (SSSR count). The van der Waals surface area contributed by atoms with Crippen LogP contribution in [-0.2, 0) is 14.6 Å². The Hall–Kier alpha value is -0.330. The summed E-state index contributed by atoms with van der Waals surface area (Å²) in [4.78, 5) is 11.4. The molecule has 0 spiro atoms. The molecule has 1 saturated heterocycles. The van der Waals surface area contributed by atoms with E-state index < -0.39 is 21.5 Å². The monoisotopic (exact) mass is 270 g/mol. The van der Waals surface area contributed by atoms with E-state index in [0.717, 1.165) is 25.6 Å². The van der Waals surface area contributed by atoms with E-state index in [9.17, 15) is 13.2 Å². The number of piperidine rings is 1. The molecule has 7 heteroatoms. The highest BCUT2D eigenvalue weighted by Crippen LogP contribution is 2.07. The number of carbonyl (C=O) groups excluding carboxylic acids is 1. The standard InChI is InChI=1S/C9H18N2O3S.ClH/c1-7-8(4-3-5-10-7)11-9(12)6-15(2,13)14;/h7-8,10H,3-6H2,1-2H3,(H,11,12);1H. The number of carbonyl (C=O) groups is 1. The van der Waals surface area contributed by atoms with E-state index in [-0.39, 0.29) is 24.5 Å². The van der Waals surface area contributed by atoms with Gasteiger partial charge in [-0.25, -0.2) is 8.42 Å². The summed E-state index contributed by atoms with van der Waals surface area (Å²) in [5.41, 5.74) is 0. The van der Waals surface area contributed by atoms with Crippen molar-refractivity contribution >= 4 is 28.2 Å². The van der Waals surface area contributed by atoms with Gasteiger partial charge in [0.25, 0.3) is 0 Å². The molecule has 1 amide bonds. The van der Waals surface area contributed by atoms with E-state index in [0.29, 0.717) is 0 Å². The summed E-state index contributed by atoms with van der Waals surface area (Å²) in [6, 6.07) is 0.260. The van der Waals surface area contributed by atoms with E-state index in [1.54, 1.807) is 0 Å². The summed E-state index contributed by atoms with van der Waals surface area (Å²) < 4.78 is 21.8. The second-order valence-electron chi connectivity index (χ2n) is 4.13. The zero-order chi connectivity index (χ0) is 11.5. The molecule has 1 fully saturated rings. The summed E-state index contributed by atoms with van der Waals surface area (Å²) >= 11 is 0. The fourth-order valence-corrected chi connectivity index (χ4v) is 2.29. The molecule has 2 N–H and O–H groups in total. The highest BCUT2D eigenvalue weighted by Gasteiger charge is 2.23. The highest BCUT2D eigenvalue weighted by molar-refractivity contribution is 7.91. The zero-order valence-electron chi connectivity index (χ0n) is 9.52. The minimum atomic E-state index is -3.22. The van der Waals surface area contributed by atoms with Gasteiger partial charge in [-0.3, -0.25) is 4.79 Å². The molecule has 1 aliphatic rings. The number of amides is 1. The molecule has 2 unspecified atom stereocenters. The van der Waals surface area contributed by atoms with E-state index in [4.69, 9.17) is 0 Å². The van der Waals surface area contributed by atoms with Crippen LogP contribution in [0.25, 0.3) is 0 Å². The number of sulfone groups is 1. The number of nitrogens with one attached hydrogen (secondary N) is 2. The Morgan fingerprint density at radius 2 is 2.12 bits per heavy atom. The molecule has 96 valence electrons. The third-order valence-corrected chi connectivity index (χ3v) is 3.29. The lowest BCUT2D eigenvalue weighted by Gasteiger charge is -2.30. The van der Waals surface area contributed by atoms with Crippen LogP contribution in [0.1, 0.15) is 19.8 Å². The summed E-state index contributed by atoms with van der Waals surface area (Å²) in [5, 5.41) is 5.98. The number of rotatable bonds is 3. The van der Waals surface area contributed by atoms with Gasteiger partial charge >= 0.3 is 0 Å². The first-order chi connectivity index (χ1) is 6.88. The first-order valence-electron chi connectivity index (χ1n) is 5.09. The third-order valence-electron chi connectivity index (χ3n) is 2.50. The molecule has 0 radical (unpaired) electrons. The van der Waals surface area contributed by atoms with Gasteiger partial charge in [0, 0.05) is 18.3 Å². The van der Waals surface area contributed by atoms with Gasteiger partial charge in [-0.2, -0.15) is 0 Å². The molecule has 5 nitrogen and oxygen atoms in total. The van der Waals surface area contributed by atoms with Crippen molar-refractivity contribution in [1.29, 1.82) is 0 Å². The largest absolute Gasteiger partial charge is 0.351 e. The molecule has 1 heterocycles. The molecular weight excluding hydrogens is 252 g/mol. The maximum absolute atomic E-state index is 11.4. The molecule has 0 aromatic heterocycles. The number of hydrogen-bond donors (Lipinski definition) is 2. The second kappa shape index (κ2) is 6.42. The van der Waals surface area contributed by atoms with Gasteiger partial charge in [-0.15, -0.1) is 12.4 Å². The van der Waals surface area contributed by atoms with E-state index >= 15 is 0 Å². The quantitative estimate of drug-likeness (QED) is 0.739. The van der Waals surface area contributed by atoms with Crippen LogP contribution in [0, 0.1) is 0 Å². The number of hydrogen-bond acceptors (Lipinski definition) is 4. The molecule has 0 saturated carbocycles. The van der Waals surface area contributed by atoms with Crippen LogP contribution in [-0.4, -0.2) is 45.0 Å². The summed E-state index contributed by atoms with van der Waals surface area (Å²) in [6.45, 7) is 2.95. The SMILES string of the molecule is CC1NCCCC1NC(=O)CS(C)(=O)=O.Cl. The first-order valence-corrected chi connectivity index (χ1v) is 7.15. The van der Waals surface area contributed by atoms with Gasteiger partial charge in [0.15, 0.2) is 9.84 Å². The molecule has 16 heavy (non-hydrogen) atoms. The maximum Gasteiger partial charge on any atom is 0.235 e. The zero-order valence-corrected chi connectivity index (χ0v) is 11.2. The normalized spacial score (nSPS) is 25.6. The van der Waals surface area contributed by atoms with Crippen LogP contribution in [0.2, 0.25) is 0 Å². The molecule has 1 aliphatic heterocycles. The predicted molar refractivity (Wildman–Crippen MR) is 65.6 cm³/mol. The predicted octanol–water partition coefficient (Wildman–Crippen LogP) is -0.290. The van der Waals surface area contributed by atoms with Crippen molar-refractivity contribution in [3.63, 3.8) is 0 Å². The van der Waals surface area contributed by atoms with Crippen molar-refractivity contribution in [2.24, 2.45) is 0 Å². The molecule has 0 aromatic carbocycles. The summed E-state index contributed by atoms with van der Waals surface area (Å²) in [7, 11) is -3.22. The minimum Gasteiger partial charge on any atom is -0.351 e. The van der Waals surface area contributed by atoms with Crippen molar-refractivity contribution in [3.8, 4) is 0 Å². The second-order valence-corrected chi connectivity index (χ2v) is 6.27. The van der Waals surface area contributed by atoms with Crippen molar-refractivity contribution in [3.05, 3.63) is 0 Å². The molecular formula is C9H19ClN2O3S. The van der Waals surface area contributed by atoms with Gasteiger partial charge < -0.3 is 10.6 Å². The Kier molecular flexibility index (Phi) is 6.28. The van der Waals surface area contributed by atoms with Crippen LogP contribution < -0.4 is 10.6 Å². The van der Waals surface area contributed by atoms with Crippen molar-refractivity contribution in [1.82, 2.24) is 10.6 Å². The lowest BCUT2D eigenvalue weighted by atomic mass is 10.00. The van der Waals surface area contributed by atoms with Gasteiger partial charge in [0.1, 0.15) is 5.75 Å². The highest BCUT2D eigenvalue weighted by atomic mass is 35.5. The van der Waals surface area contributed by atoms with Crippen LogP contribution in [0.15, 0.2) is 0 Å². The molecule has 0 aliphatic carbocycles. The van der Waals surface area contributed by atoms with E-state index in [1.165, 1.54) is 0 Å². The topological polar surface area (TPSA) is 75.3 Å². The average Bonchev–Trinajstić information content (AvgIpc) is 2.05. The van der Waals surface area contributed by atoms with Crippen LogP contribution in [0.3, 0.4) is 0 Å². The lowest BCUT2D eigenvalue weighted by Crippen LogP contribution is -2.52. The van der Waals surface area contributed by atoms with Crippen LogP contribution in [0.5, 0.6) is 0 Å². The van der Waals surface area contributed by atoms with Gasteiger partial charge in [-0.05, 0) is 26.3 Å². The van der Waals surface area contributed by atoms with Crippen LogP contribution >= 0.6 is 12.4 Å². The van der Waals surface area contributed by atoms with Crippen molar-refractivity contribution in [2.75, 3.05) is 18.6 Å². The van der Waals surface area contributed by atoms with Crippen molar-refractivity contribution in [2.45, 2.75) is 31.8 Å². The lowest BCUT2D eigenvalue weighted by molar-refractivity contribution is -0.119. The maximum atomic E-state index is 11.4. The van der Waals surface area contributed by atoms with E-state index in [2.05, 4.69) is 10.6 Å². The Bertz CT molecular complexity index is 332. The number of halogens is 1. The molecule has 2 atom stereocenters. The Balaban J connectivity index is 0.00000225. The summed E-state index contributed by atoms with van der Waals surface area (Å²) in [5.74, 6) is -0.825. The fourth-order valence-electron chi connectivity index (χ4n) is 1.73. The Morgan fingerprint density at radius 3 is 2.62 bits per heavy atom. The summed E-state index contributed by atoms with van der Waals surface area (Å²) in [6.07, 6.45) is 2.98. The Morgan fingerprint density at radius 1 is 1.50 bits per heavy atom. The van der Waals surface area contributed by atoms with Crippen LogP contribution in [0.4, 0.5) is 0 Å². The first kappa shape index (κ1) is 15.7. The van der Waals surface area contributed by atoms with Gasteiger partial charge in [0.2, 0.25) is 5.91 Å². The molecule has 0 bridgehead atoms. The van der Waals surface area contributed by atoms with E-state index in [1.807, 2.05) is 6.92 Å². The smallest absolute Gasteiger partial charge is 0.235 e. The van der Waals surface area contributed by atoms with Gasteiger partial charge in [-0.1, -0.05) is 0 Å². The van der Waals surface area contributed by atoms with Crippen molar-refractivity contribution < 1.29 is 13.2 Å². The molecule has 0 aromatic rings.